The summed E-state index contributed by atoms with van der Waals surface area (Å²) in [5, 5.41) is 3.51. The van der Waals surface area contributed by atoms with Gasteiger partial charge in [-0.25, -0.2) is 0 Å². The molecule has 0 saturated heterocycles. The van der Waals surface area contributed by atoms with E-state index in [2.05, 4.69) is 12.2 Å². The molecule has 0 amide bonds. The minimum absolute atomic E-state index is 0.0392. The average molecular weight is 339 g/mol. The Hall–Kier alpha value is -0.0551. The van der Waals surface area contributed by atoms with E-state index in [1.807, 2.05) is 0 Å². The summed E-state index contributed by atoms with van der Waals surface area (Å²) in [5.41, 5.74) is 0. The number of hydrogen-bond donors (Lipinski definition) is 1. The van der Waals surface area contributed by atoms with Gasteiger partial charge in [0.1, 0.15) is 0 Å². The van der Waals surface area contributed by atoms with Crippen LogP contribution in [0.15, 0.2) is 0 Å². The molecule has 142 valence electrons. The standard InChI is InChI=1S/C20H42BNO2/c1-4-5-6-7-8-9-10-11-12-13-14-15-16-22-19(17-21)20(24-3)18-23-2/h19-20,22H,4-18H2,1-3H3. The van der Waals surface area contributed by atoms with Gasteiger partial charge in [0, 0.05) is 20.3 Å². The van der Waals surface area contributed by atoms with Gasteiger partial charge in [-0.15, -0.1) is 0 Å². The van der Waals surface area contributed by atoms with E-state index in [9.17, 15) is 0 Å². The van der Waals surface area contributed by atoms with Gasteiger partial charge in [-0.3, -0.25) is 0 Å². The third-order valence-corrected chi connectivity index (χ3v) is 4.77. The van der Waals surface area contributed by atoms with Crippen LogP contribution >= 0.6 is 0 Å². The summed E-state index contributed by atoms with van der Waals surface area (Å²) in [5.74, 6) is 0. The lowest BCUT2D eigenvalue weighted by Gasteiger charge is -2.25. The van der Waals surface area contributed by atoms with Crippen LogP contribution in [0.2, 0.25) is 6.32 Å². The van der Waals surface area contributed by atoms with Gasteiger partial charge in [-0.05, 0) is 13.0 Å². The highest BCUT2D eigenvalue weighted by molar-refractivity contribution is 6.09. The summed E-state index contributed by atoms with van der Waals surface area (Å²) in [4.78, 5) is 0. The first kappa shape index (κ1) is 23.9. The number of nitrogens with one attached hydrogen (secondary N) is 1. The topological polar surface area (TPSA) is 30.5 Å². The van der Waals surface area contributed by atoms with Crippen LogP contribution in [0.1, 0.15) is 84.0 Å². The number of unbranched alkanes of at least 4 members (excludes halogenated alkanes) is 11. The lowest BCUT2D eigenvalue weighted by Crippen LogP contribution is -2.43. The molecule has 0 aliphatic rings. The molecule has 0 saturated carbocycles. The predicted octanol–water partition coefficient (Wildman–Crippen LogP) is 4.89. The van der Waals surface area contributed by atoms with E-state index in [4.69, 9.17) is 17.3 Å². The van der Waals surface area contributed by atoms with Crippen LogP contribution in [0.5, 0.6) is 0 Å². The van der Waals surface area contributed by atoms with Gasteiger partial charge in [0.05, 0.1) is 20.6 Å². The Morgan fingerprint density at radius 3 is 1.71 bits per heavy atom. The van der Waals surface area contributed by atoms with Crippen molar-refractivity contribution in [1.82, 2.24) is 5.32 Å². The Bertz CT molecular complexity index is 242. The maximum Gasteiger partial charge on any atom is 0.0949 e. The van der Waals surface area contributed by atoms with Gasteiger partial charge in [-0.1, -0.05) is 83.9 Å². The van der Waals surface area contributed by atoms with Crippen molar-refractivity contribution in [2.75, 3.05) is 27.4 Å². The summed E-state index contributed by atoms with van der Waals surface area (Å²) in [7, 11) is 9.25. The van der Waals surface area contributed by atoms with Gasteiger partial charge >= 0.3 is 0 Å². The van der Waals surface area contributed by atoms with Crippen molar-refractivity contribution in [2.45, 2.75) is 102 Å². The van der Waals surface area contributed by atoms with Crippen LogP contribution in [-0.4, -0.2) is 47.4 Å². The van der Waals surface area contributed by atoms with Gasteiger partial charge in [0.15, 0.2) is 0 Å². The monoisotopic (exact) mass is 339 g/mol. The molecule has 0 spiro atoms. The molecule has 0 aliphatic heterocycles. The van der Waals surface area contributed by atoms with Crippen molar-refractivity contribution in [3.05, 3.63) is 0 Å². The largest absolute Gasteiger partial charge is 0.382 e. The van der Waals surface area contributed by atoms with E-state index in [1.165, 1.54) is 77.0 Å². The van der Waals surface area contributed by atoms with Crippen molar-refractivity contribution in [3.63, 3.8) is 0 Å². The summed E-state index contributed by atoms with van der Waals surface area (Å²) < 4.78 is 10.6. The molecule has 0 aromatic carbocycles. The minimum atomic E-state index is 0.0392. The molecule has 2 atom stereocenters. The van der Waals surface area contributed by atoms with Crippen LogP contribution < -0.4 is 5.32 Å². The van der Waals surface area contributed by atoms with Crippen molar-refractivity contribution in [2.24, 2.45) is 0 Å². The maximum atomic E-state index is 5.83. The molecule has 0 aromatic heterocycles. The number of methoxy groups -OCH3 is 2. The second kappa shape index (κ2) is 19.3. The van der Waals surface area contributed by atoms with E-state index in [-0.39, 0.29) is 12.1 Å². The van der Waals surface area contributed by atoms with E-state index >= 15 is 0 Å². The quantitative estimate of drug-likeness (QED) is 0.268. The van der Waals surface area contributed by atoms with E-state index in [1.54, 1.807) is 14.2 Å². The molecular weight excluding hydrogens is 297 g/mol. The lowest BCUT2D eigenvalue weighted by atomic mass is 9.93. The third kappa shape index (κ3) is 14.3. The molecule has 0 bridgehead atoms. The molecule has 0 aliphatic carbocycles. The second-order valence-electron chi connectivity index (χ2n) is 6.91. The van der Waals surface area contributed by atoms with Crippen molar-refractivity contribution in [1.29, 1.82) is 0 Å². The molecule has 0 heterocycles. The fraction of sp³-hybridized carbons (Fsp3) is 1.00. The fourth-order valence-electron chi connectivity index (χ4n) is 3.13. The Balaban J connectivity index is 3.37. The Kier molecular flexibility index (Phi) is 19.2. The lowest BCUT2D eigenvalue weighted by molar-refractivity contribution is 0.00899. The van der Waals surface area contributed by atoms with E-state index in [0.717, 1.165) is 6.54 Å². The van der Waals surface area contributed by atoms with E-state index in [0.29, 0.717) is 12.9 Å². The molecule has 0 fully saturated rings. The van der Waals surface area contributed by atoms with Gasteiger partial charge in [0.25, 0.3) is 0 Å². The van der Waals surface area contributed by atoms with E-state index < -0.39 is 0 Å². The van der Waals surface area contributed by atoms with Crippen LogP contribution in [0.3, 0.4) is 0 Å². The molecule has 0 rings (SSSR count). The fourth-order valence-corrected chi connectivity index (χ4v) is 3.13. The Morgan fingerprint density at radius 2 is 1.29 bits per heavy atom. The molecule has 4 heteroatoms. The molecule has 1 N–H and O–H groups in total. The molecule has 24 heavy (non-hydrogen) atoms. The average Bonchev–Trinajstić information content (AvgIpc) is 2.60. The highest BCUT2D eigenvalue weighted by Crippen LogP contribution is 2.12. The number of rotatable bonds is 19. The number of hydrogen-bond acceptors (Lipinski definition) is 3. The third-order valence-electron chi connectivity index (χ3n) is 4.77. The molecule has 3 nitrogen and oxygen atoms in total. The SMILES string of the molecule is [B]CC(NCCCCCCCCCCCCCC)C(COC)OC. The zero-order valence-electron chi connectivity index (χ0n) is 16.7. The molecular formula is C20H42BNO2. The predicted molar refractivity (Wildman–Crippen MR) is 106 cm³/mol. The van der Waals surface area contributed by atoms with Crippen molar-refractivity contribution in [3.8, 4) is 0 Å². The van der Waals surface area contributed by atoms with Crippen LogP contribution in [0, 0.1) is 0 Å². The second-order valence-corrected chi connectivity index (χ2v) is 6.91. The zero-order chi connectivity index (χ0) is 17.9. The first-order valence-electron chi connectivity index (χ1n) is 10.2. The van der Waals surface area contributed by atoms with Gasteiger partial charge in [-0.2, -0.15) is 0 Å². The first-order valence-corrected chi connectivity index (χ1v) is 10.2. The van der Waals surface area contributed by atoms with Crippen LogP contribution in [0.25, 0.3) is 0 Å². The molecule has 0 aromatic rings. The normalized spacial score (nSPS) is 14.0. The summed E-state index contributed by atoms with van der Waals surface area (Å²) in [6.07, 6.45) is 17.2. The first-order chi connectivity index (χ1) is 11.8. The highest BCUT2D eigenvalue weighted by Gasteiger charge is 2.18. The number of ether oxygens (including phenoxy) is 2. The smallest absolute Gasteiger partial charge is 0.0949 e. The Morgan fingerprint density at radius 1 is 0.792 bits per heavy atom. The summed E-state index contributed by atoms with van der Waals surface area (Å²) in [6.45, 7) is 3.88. The van der Waals surface area contributed by atoms with Gasteiger partial charge < -0.3 is 14.8 Å². The maximum absolute atomic E-state index is 5.83. The zero-order valence-corrected chi connectivity index (χ0v) is 16.7. The molecule has 2 unspecified atom stereocenters. The van der Waals surface area contributed by atoms with Crippen molar-refractivity contribution < 1.29 is 9.47 Å². The van der Waals surface area contributed by atoms with Crippen molar-refractivity contribution >= 4 is 7.85 Å². The minimum Gasteiger partial charge on any atom is -0.382 e. The summed E-state index contributed by atoms with van der Waals surface area (Å²) >= 11 is 0. The highest BCUT2D eigenvalue weighted by atomic mass is 16.5. The summed E-state index contributed by atoms with van der Waals surface area (Å²) in [6, 6.07) is 0.183. The Labute approximate surface area is 153 Å². The van der Waals surface area contributed by atoms with Crippen LogP contribution in [-0.2, 0) is 9.47 Å². The van der Waals surface area contributed by atoms with Gasteiger partial charge in [0.2, 0.25) is 0 Å². The van der Waals surface area contributed by atoms with Crippen LogP contribution in [0.4, 0.5) is 0 Å². The molecule has 2 radical (unpaired) electrons.